The highest BCUT2D eigenvalue weighted by Gasteiger charge is 2.77. The molecule has 1 atom stereocenters. The Hall–Kier alpha value is -1.59. The van der Waals surface area contributed by atoms with E-state index in [1.54, 1.807) is 0 Å². The Bertz CT molecular complexity index is 434. The van der Waals surface area contributed by atoms with Gasteiger partial charge in [0.05, 0.1) is 6.10 Å². The SMILES string of the molecule is CC(C)OC(=O)C(C)ON1N=NCC1(C(F)(F)F)C(F)(F)F. The summed E-state index contributed by atoms with van der Waals surface area (Å²) in [5, 5.41) is 4.75. The first kappa shape index (κ1) is 18.5. The van der Waals surface area contributed by atoms with Gasteiger partial charge in [-0.25, -0.2) is 9.63 Å². The number of hydroxylamine groups is 1. The van der Waals surface area contributed by atoms with Crippen molar-refractivity contribution in [1.82, 2.24) is 5.17 Å². The fraction of sp³-hybridized carbons (Fsp3) is 0.900. The van der Waals surface area contributed by atoms with Crippen molar-refractivity contribution in [3.63, 3.8) is 0 Å². The number of nitrogens with zero attached hydrogens (tertiary/aromatic N) is 3. The molecule has 0 bridgehead atoms. The molecule has 0 spiro atoms. The molecule has 0 aromatic heterocycles. The van der Waals surface area contributed by atoms with Crippen molar-refractivity contribution in [2.24, 2.45) is 10.3 Å². The van der Waals surface area contributed by atoms with Gasteiger partial charge in [0.2, 0.25) is 0 Å². The first-order chi connectivity index (χ1) is 9.83. The summed E-state index contributed by atoms with van der Waals surface area (Å²) in [6.07, 6.45) is -13.9. The third-order valence-electron chi connectivity index (χ3n) is 2.65. The number of alkyl halides is 6. The Labute approximate surface area is 121 Å². The average molecular weight is 337 g/mol. The molecule has 0 N–H and O–H groups in total. The topological polar surface area (TPSA) is 63.5 Å². The third kappa shape index (κ3) is 3.25. The number of halogens is 6. The van der Waals surface area contributed by atoms with Crippen LogP contribution in [0.25, 0.3) is 0 Å². The lowest BCUT2D eigenvalue weighted by atomic mass is 9.99. The van der Waals surface area contributed by atoms with Crippen LogP contribution in [0.2, 0.25) is 0 Å². The lowest BCUT2D eigenvalue weighted by molar-refractivity contribution is -0.395. The standard InChI is InChI=1S/C10H13F6N3O3/c1-5(2)21-7(20)6(3)22-19-8(4-17-18-19,9(11,12)13)10(14,15)16/h5-6H,4H2,1-3H3. The van der Waals surface area contributed by atoms with E-state index in [1.165, 1.54) is 13.8 Å². The number of hydrogen-bond donors (Lipinski definition) is 0. The van der Waals surface area contributed by atoms with Crippen LogP contribution in [-0.2, 0) is 14.4 Å². The minimum absolute atomic E-state index is 0.617. The Kier molecular flexibility index (Phi) is 4.94. The van der Waals surface area contributed by atoms with E-state index >= 15 is 0 Å². The Morgan fingerprint density at radius 1 is 1.14 bits per heavy atom. The van der Waals surface area contributed by atoms with Crippen LogP contribution >= 0.6 is 0 Å². The van der Waals surface area contributed by atoms with Crippen LogP contribution in [0.15, 0.2) is 10.3 Å². The lowest BCUT2D eigenvalue weighted by Gasteiger charge is -2.37. The van der Waals surface area contributed by atoms with Gasteiger partial charge in [-0.3, -0.25) is 0 Å². The quantitative estimate of drug-likeness (QED) is 0.585. The number of ether oxygens (including phenoxy) is 1. The van der Waals surface area contributed by atoms with Crippen LogP contribution in [0, 0.1) is 0 Å². The molecule has 0 saturated heterocycles. The maximum absolute atomic E-state index is 12.9. The summed E-state index contributed by atoms with van der Waals surface area (Å²) < 4.78 is 82.3. The van der Waals surface area contributed by atoms with E-state index in [9.17, 15) is 31.1 Å². The lowest BCUT2D eigenvalue weighted by Crippen LogP contribution is -2.66. The maximum atomic E-state index is 12.9. The minimum atomic E-state index is -5.77. The second kappa shape index (κ2) is 5.89. The van der Waals surface area contributed by atoms with Crippen LogP contribution in [0.3, 0.4) is 0 Å². The molecule has 1 unspecified atom stereocenters. The van der Waals surface area contributed by atoms with E-state index in [-0.39, 0.29) is 0 Å². The minimum Gasteiger partial charge on any atom is -0.461 e. The number of hydrogen-bond acceptors (Lipinski definition) is 6. The Morgan fingerprint density at radius 3 is 2.05 bits per heavy atom. The molecule has 1 rings (SSSR count). The molecule has 0 saturated carbocycles. The second-order valence-electron chi connectivity index (χ2n) is 4.75. The molecule has 0 radical (unpaired) electrons. The maximum Gasteiger partial charge on any atom is 0.426 e. The molecule has 0 aromatic rings. The van der Waals surface area contributed by atoms with Gasteiger partial charge in [-0.1, -0.05) is 0 Å². The molecule has 6 nitrogen and oxygen atoms in total. The van der Waals surface area contributed by atoms with Crippen molar-refractivity contribution in [2.45, 2.75) is 50.9 Å². The van der Waals surface area contributed by atoms with Crippen molar-refractivity contribution in [3.8, 4) is 0 Å². The fourth-order valence-corrected chi connectivity index (χ4v) is 1.52. The highest BCUT2D eigenvalue weighted by molar-refractivity contribution is 5.74. The predicted octanol–water partition coefficient (Wildman–Crippen LogP) is 2.80. The summed E-state index contributed by atoms with van der Waals surface area (Å²) in [5.74, 6) is -1.13. The molecule has 1 aliphatic rings. The first-order valence-electron chi connectivity index (χ1n) is 6.01. The highest BCUT2D eigenvalue weighted by atomic mass is 19.4. The molecule has 0 aromatic carbocycles. The summed E-state index contributed by atoms with van der Waals surface area (Å²) in [6, 6.07) is 0. The van der Waals surface area contributed by atoms with E-state index in [0.717, 1.165) is 6.92 Å². The summed E-state index contributed by atoms with van der Waals surface area (Å²) in [5.41, 5.74) is -4.44. The van der Waals surface area contributed by atoms with Crippen molar-refractivity contribution in [3.05, 3.63) is 0 Å². The summed E-state index contributed by atoms with van der Waals surface area (Å²) in [6.45, 7) is 2.13. The molecule has 1 aliphatic heterocycles. The summed E-state index contributed by atoms with van der Waals surface area (Å²) in [7, 11) is 0. The zero-order valence-corrected chi connectivity index (χ0v) is 11.7. The van der Waals surface area contributed by atoms with Gasteiger partial charge in [0.25, 0.3) is 5.54 Å². The van der Waals surface area contributed by atoms with Crippen molar-refractivity contribution < 1.29 is 40.7 Å². The molecular formula is C10H13F6N3O3. The molecule has 0 amide bonds. The van der Waals surface area contributed by atoms with Gasteiger partial charge in [0.15, 0.2) is 6.10 Å². The summed E-state index contributed by atoms with van der Waals surface area (Å²) >= 11 is 0. The van der Waals surface area contributed by atoms with Gasteiger partial charge in [-0.2, -0.15) is 31.5 Å². The van der Waals surface area contributed by atoms with Crippen LogP contribution in [-0.4, -0.2) is 47.8 Å². The van der Waals surface area contributed by atoms with Crippen LogP contribution in [0.5, 0.6) is 0 Å². The molecule has 12 heteroatoms. The zero-order chi connectivity index (χ0) is 17.3. The van der Waals surface area contributed by atoms with Gasteiger partial charge in [-0.15, -0.1) is 5.17 Å². The highest BCUT2D eigenvalue weighted by Crippen LogP contribution is 2.50. The Morgan fingerprint density at radius 2 is 1.64 bits per heavy atom. The molecule has 22 heavy (non-hydrogen) atoms. The van der Waals surface area contributed by atoms with Crippen LogP contribution < -0.4 is 0 Å². The smallest absolute Gasteiger partial charge is 0.426 e. The van der Waals surface area contributed by atoms with E-state index < -0.39 is 47.8 Å². The number of carbonyl (C=O) groups is 1. The van der Waals surface area contributed by atoms with E-state index in [1.807, 2.05) is 0 Å². The van der Waals surface area contributed by atoms with Gasteiger partial charge < -0.3 is 4.74 Å². The van der Waals surface area contributed by atoms with Crippen LogP contribution in [0.4, 0.5) is 26.3 Å². The van der Waals surface area contributed by atoms with Gasteiger partial charge in [0.1, 0.15) is 6.54 Å². The molecule has 128 valence electrons. The molecule has 0 fully saturated rings. The van der Waals surface area contributed by atoms with Gasteiger partial charge in [-0.05, 0) is 26.0 Å². The molecule has 1 heterocycles. The molecular weight excluding hydrogens is 324 g/mol. The van der Waals surface area contributed by atoms with Gasteiger partial charge >= 0.3 is 18.3 Å². The Balaban J connectivity index is 3.02. The van der Waals surface area contributed by atoms with E-state index in [4.69, 9.17) is 0 Å². The third-order valence-corrected chi connectivity index (χ3v) is 2.65. The summed E-state index contributed by atoms with van der Waals surface area (Å²) in [4.78, 5) is 15.8. The van der Waals surface area contributed by atoms with Crippen LogP contribution in [0.1, 0.15) is 20.8 Å². The van der Waals surface area contributed by atoms with Crippen molar-refractivity contribution >= 4 is 5.97 Å². The van der Waals surface area contributed by atoms with Gasteiger partial charge in [0, 0.05) is 0 Å². The fourth-order valence-electron chi connectivity index (χ4n) is 1.52. The second-order valence-corrected chi connectivity index (χ2v) is 4.75. The van der Waals surface area contributed by atoms with Crippen molar-refractivity contribution in [1.29, 1.82) is 0 Å². The van der Waals surface area contributed by atoms with Crippen molar-refractivity contribution in [2.75, 3.05) is 6.54 Å². The number of carbonyl (C=O) groups excluding carboxylic acids is 1. The normalized spacial score (nSPS) is 19.6. The monoisotopic (exact) mass is 337 g/mol. The predicted molar refractivity (Wildman–Crippen MR) is 58.2 cm³/mol. The number of rotatable bonds is 4. The molecule has 0 aliphatic carbocycles. The first-order valence-corrected chi connectivity index (χ1v) is 6.01. The largest absolute Gasteiger partial charge is 0.461 e. The van der Waals surface area contributed by atoms with E-state index in [2.05, 4.69) is 19.9 Å². The van der Waals surface area contributed by atoms with E-state index in [0.29, 0.717) is 0 Å². The zero-order valence-electron chi connectivity index (χ0n) is 11.7. The number of esters is 1. The average Bonchev–Trinajstić information content (AvgIpc) is 2.71.